The van der Waals surface area contributed by atoms with Crippen LogP contribution >= 0.6 is 0 Å². The molecule has 0 saturated heterocycles. The van der Waals surface area contributed by atoms with E-state index in [1.165, 1.54) is 19.2 Å². The van der Waals surface area contributed by atoms with Crippen molar-refractivity contribution in [1.82, 2.24) is 4.98 Å². The summed E-state index contributed by atoms with van der Waals surface area (Å²) in [6.07, 6.45) is -2.01. The molecule has 0 saturated carbocycles. The number of halogens is 3. The summed E-state index contributed by atoms with van der Waals surface area (Å²) in [5.41, 5.74) is -0.887. The quantitative estimate of drug-likeness (QED) is 0.691. The highest BCUT2D eigenvalue weighted by Crippen LogP contribution is 2.33. The molecule has 14 heavy (non-hydrogen) atoms. The summed E-state index contributed by atoms with van der Waals surface area (Å²) >= 11 is 0. The first kappa shape index (κ1) is 10.7. The average molecular weight is 203 g/mol. The number of pyridine rings is 1. The van der Waals surface area contributed by atoms with E-state index in [1.54, 1.807) is 0 Å². The van der Waals surface area contributed by atoms with Gasteiger partial charge in [0.2, 0.25) is 0 Å². The molecule has 1 atom stereocenters. The first-order chi connectivity index (χ1) is 6.46. The molecule has 76 valence electrons. The Balaban J connectivity index is 3.22. The van der Waals surface area contributed by atoms with E-state index in [0.717, 1.165) is 6.20 Å². The van der Waals surface area contributed by atoms with E-state index in [-0.39, 0.29) is 5.56 Å². The molecule has 1 aromatic heterocycles. The summed E-state index contributed by atoms with van der Waals surface area (Å²) in [6.45, 7) is 1.41. The standard InChI is InChI=1S/C9H8F3NO/c1-6(5-14)7-2-3-13-4-8(7)9(10,11)12/h2-6H,1H3. The predicted molar refractivity (Wildman–Crippen MR) is 43.7 cm³/mol. The molecule has 0 spiro atoms. The van der Waals surface area contributed by atoms with Crippen molar-refractivity contribution in [3.05, 3.63) is 29.6 Å². The molecule has 0 aliphatic rings. The lowest BCUT2D eigenvalue weighted by molar-refractivity contribution is -0.138. The van der Waals surface area contributed by atoms with Crippen molar-refractivity contribution in [2.24, 2.45) is 0 Å². The van der Waals surface area contributed by atoms with Crippen LogP contribution in [0.3, 0.4) is 0 Å². The van der Waals surface area contributed by atoms with Gasteiger partial charge in [0.15, 0.2) is 0 Å². The van der Waals surface area contributed by atoms with E-state index < -0.39 is 17.7 Å². The zero-order chi connectivity index (χ0) is 10.8. The second-order valence-electron chi connectivity index (χ2n) is 2.89. The zero-order valence-electron chi connectivity index (χ0n) is 7.38. The predicted octanol–water partition coefficient (Wildman–Crippen LogP) is 2.40. The number of carbonyl (C=O) groups excluding carboxylic acids is 1. The Kier molecular flexibility index (Phi) is 2.88. The third kappa shape index (κ3) is 2.10. The van der Waals surface area contributed by atoms with Crippen LogP contribution in [0.4, 0.5) is 13.2 Å². The maximum Gasteiger partial charge on any atom is 0.418 e. The number of aldehydes is 1. The van der Waals surface area contributed by atoms with Gasteiger partial charge in [0, 0.05) is 18.3 Å². The molecule has 0 amide bonds. The Morgan fingerprint density at radius 2 is 2.14 bits per heavy atom. The van der Waals surface area contributed by atoms with Crippen LogP contribution in [0.5, 0.6) is 0 Å². The van der Waals surface area contributed by atoms with Crippen molar-refractivity contribution in [3.63, 3.8) is 0 Å². The number of hydrogen-bond donors (Lipinski definition) is 0. The smallest absolute Gasteiger partial charge is 0.303 e. The third-order valence-electron chi connectivity index (χ3n) is 1.85. The summed E-state index contributed by atoms with van der Waals surface area (Å²) in [7, 11) is 0. The number of alkyl halides is 3. The average Bonchev–Trinajstić information content (AvgIpc) is 2.15. The topological polar surface area (TPSA) is 30.0 Å². The molecule has 0 aromatic carbocycles. The van der Waals surface area contributed by atoms with E-state index in [4.69, 9.17) is 0 Å². The minimum Gasteiger partial charge on any atom is -0.303 e. The number of carbonyl (C=O) groups is 1. The van der Waals surface area contributed by atoms with Crippen LogP contribution in [0.15, 0.2) is 18.5 Å². The summed E-state index contributed by atoms with van der Waals surface area (Å²) in [5.74, 6) is -0.769. The summed E-state index contributed by atoms with van der Waals surface area (Å²) in [6, 6.07) is 1.21. The van der Waals surface area contributed by atoms with Gasteiger partial charge in [-0.1, -0.05) is 6.92 Å². The molecule has 2 nitrogen and oxygen atoms in total. The van der Waals surface area contributed by atoms with E-state index in [9.17, 15) is 18.0 Å². The Hall–Kier alpha value is -1.39. The molecule has 0 bridgehead atoms. The van der Waals surface area contributed by atoms with Gasteiger partial charge in [0.05, 0.1) is 5.56 Å². The van der Waals surface area contributed by atoms with Crippen molar-refractivity contribution < 1.29 is 18.0 Å². The second kappa shape index (κ2) is 3.77. The van der Waals surface area contributed by atoms with Crippen molar-refractivity contribution in [2.75, 3.05) is 0 Å². The van der Waals surface area contributed by atoms with Crippen molar-refractivity contribution >= 4 is 6.29 Å². The highest BCUT2D eigenvalue weighted by molar-refractivity contribution is 5.62. The van der Waals surface area contributed by atoms with Crippen LogP contribution in [-0.4, -0.2) is 11.3 Å². The Bertz CT molecular complexity index is 335. The Morgan fingerprint density at radius 1 is 1.50 bits per heavy atom. The Morgan fingerprint density at radius 3 is 2.64 bits per heavy atom. The van der Waals surface area contributed by atoms with Gasteiger partial charge in [0.1, 0.15) is 6.29 Å². The summed E-state index contributed by atoms with van der Waals surface area (Å²) in [5, 5.41) is 0. The minimum atomic E-state index is -4.46. The van der Waals surface area contributed by atoms with Crippen LogP contribution in [0.2, 0.25) is 0 Å². The number of nitrogens with zero attached hydrogens (tertiary/aromatic N) is 1. The van der Waals surface area contributed by atoms with Gasteiger partial charge in [-0.25, -0.2) is 0 Å². The molecule has 0 aliphatic heterocycles. The first-order valence-corrected chi connectivity index (χ1v) is 3.93. The monoisotopic (exact) mass is 203 g/mol. The molecule has 1 rings (SSSR count). The molecule has 0 aliphatic carbocycles. The van der Waals surface area contributed by atoms with E-state index >= 15 is 0 Å². The minimum absolute atomic E-state index is 0.0394. The Labute approximate surface area is 78.8 Å². The lowest BCUT2D eigenvalue weighted by Gasteiger charge is -2.13. The van der Waals surface area contributed by atoms with Crippen molar-refractivity contribution in [3.8, 4) is 0 Å². The molecular weight excluding hydrogens is 195 g/mol. The van der Waals surface area contributed by atoms with Crippen LogP contribution in [-0.2, 0) is 11.0 Å². The number of hydrogen-bond acceptors (Lipinski definition) is 2. The highest BCUT2D eigenvalue weighted by atomic mass is 19.4. The normalized spacial score (nSPS) is 13.7. The number of aromatic nitrogens is 1. The lowest BCUT2D eigenvalue weighted by Crippen LogP contribution is -2.11. The molecule has 0 fully saturated rings. The van der Waals surface area contributed by atoms with E-state index in [2.05, 4.69) is 4.98 Å². The maximum absolute atomic E-state index is 12.4. The lowest BCUT2D eigenvalue weighted by atomic mass is 9.99. The fourth-order valence-electron chi connectivity index (χ4n) is 1.11. The van der Waals surface area contributed by atoms with Crippen LogP contribution in [0, 0.1) is 0 Å². The van der Waals surface area contributed by atoms with Crippen LogP contribution in [0.1, 0.15) is 24.0 Å². The van der Waals surface area contributed by atoms with Gasteiger partial charge in [-0.3, -0.25) is 4.98 Å². The number of rotatable bonds is 2. The van der Waals surface area contributed by atoms with Crippen LogP contribution in [0.25, 0.3) is 0 Å². The molecule has 1 unspecified atom stereocenters. The van der Waals surface area contributed by atoms with Gasteiger partial charge < -0.3 is 4.79 Å². The van der Waals surface area contributed by atoms with Gasteiger partial charge in [-0.2, -0.15) is 13.2 Å². The second-order valence-corrected chi connectivity index (χ2v) is 2.89. The summed E-state index contributed by atoms with van der Waals surface area (Å²) in [4.78, 5) is 13.8. The van der Waals surface area contributed by atoms with E-state index in [0.29, 0.717) is 6.29 Å². The van der Waals surface area contributed by atoms with E-state index in [1.807, 2.05) is 0 Å². The molecular formula is C9H8F3NO. The van der Waals surface area contributed by atoms with Gasteiger partial charge in [-0.05, 0) is 11.6 Å². The van der Waals surface area contributed by atoms with Crippen molar-refractivity contribution in [2.45, 2.75) is 19.0 Å². The fraction of sp³-hybridized carbons (Fsp3) is 0.333. The zero-order valence-corrected chi connectivity index (χ0v) is 7.38. The van der Waals surface area contributed by atoms with Gasteiger partial charge in [-0.15, -0.1) is 0 Å². The molecule has 0 radical (unpaired) electrons. The molecule has 1 aromatic rings. The largest absolute Gasteiger partial charge is 0.418 e. The third-order valence-corrected chi connectivity index (χ3v) is 1.85. The maximum atomic E-state index is 12.4. The molecule has 1 heterocycles. The SMILES string of the molecule is CC(C=O)c1ccncc1C(F)(F)F. The van der Waals surface area contributed by atoms with Crippen LogP contribution < -0.4 is 0 Å². The summed E-state index contributed by atoms with van der Waals surface area (Å²) < 4.78 is 37.2. The fourth-order valence-corrected chi connectivity index (χ4v) is 1.11. The molecule has 0 N–H and O–H groups in total. The van der Waals surface area contributed by atoms with Crippen molar-refractivity contribution in [1.29, 1.82) is 0 Å². The molecule has 5 heteroatoms. The highest BCUT2D eigenvalue weighted by Gasteiger charge is 2.34. The van der Waals surface area contributed by atoms with Gasteiger partial charge in [0.25, 0.3) is 0 Å². The first-order valence-electron chi connectivity index (χ1n) is 3.93. The van der Waals surface area contributed by atoms with Gasteiger partial charge >= 0.3 is 6.18 Å².